The van der Waals surface area contributed by atoms with Crippen molar-refractivity contribution in [3.63, 3.8) is 0 Å². The van der Waals surface area contributed by atoms with Crippen LogP contribution in [0.3, 0.4) is 0 Å². The van der Waals surface area contributed by atoms with Crippen molar-refractivity contribution >= 4 is 24.0 Å². The highest BCUT2D eigenvalue weighted by molar-refractivity contribution is 6.52. The topological polar surface area (TPSA) is 18.5 Å². The van der Waals surface area contributed by atoms with E-state index in [1.54, 1.807) is 0 Å². The largest absolute Gasteiger partial charge is 0.487 e. The molecule has 1 saturated heterocycles. The molecule has 0 aromatic heterocycles. The van der Waals surface area contributed by atoms with Gasteiger partial charge in [0.1, 0.15) is 0 Å². The maximum absolute atomic E-state index is 5.96. The summed E-state index contributed by atoms with van der Waals surface area (Å²) in [6, 6.07) is 14.8. The van der Waals surface area contributed by atoms with E-state index >= 15 is 0 Å². The fraction of sp³-hybridized carbons (Fsp3) is 0.333. The van der Waals surface area contributed by atoms with Crippen LogP contribution in [0.4, 0.5) is 0 Å². The molecule has 0 atom stereocenters. The Morgan fingerprint density at radius 3 is 2.14 bits per heavy atom. The molecule has 1 fully saturated rings. The first-order chi connectivity index (χ1) is 9.87. The Morgan fingerprint density at radius 2 is 1.48 bits per heavy atom. The van der Waals surface area contributed by atoms with Gasteiger partial charge in [-0.2, -0.15) is 0 Å². The lowest BCUT2D eigenvalue weighted by atomic mass is 9.89. The van der Waals surface area contributed by atoms with Crippen molar-refractivity contribution in [2.75, 3.05) is 0 Å². The zero-order chi connectivity index (χ0) is 15.1. The second-order valence-electron chi connectivity index (χ2n) is 6.59. The molecule has 21 heavy (non-hydrogen) atoms. The van der Waals surface area contributed by atoms with E-state index in [1.165, 1.54) is 10.8 Å². The minimum Gasteiger partial charge on any atom is -0.400 e. The highest BCUT2D eigenvalue weighted by Gasteiger charge is 2.49. The smallest absolute Gasteiger partial charge is 0.400 e. The first kappa shape index (κ1) is 14.4. The normalized spacial score (nSPS) is 20.5. The quantitative estimate of drug-likeness (QED) is 0.755. The minimum atomic E-state index is -0.290. The summed E-state index contributed by atoms with van der Waals surface area (Å²) in [7, 11) is -0.290. The third-order valence-corrected chi connectivity index (χ3v) is 4.49. The Morgan fingerprint density at radius 1 is 0.857 bits per heavy atom. The van der Waals surface area contributed by atoms with Crippen molar-refractivity contribution < 1.29 is 9.31 Å². The van der Waals surface area contributed by atoms with Gasteiger partial charge in [0, 0.05) is 0 Å². The fourth-order valence-electron chi connectivity index (χ4n) is 2.47. The Bertz CT molecular complexity index is 672. The van der Waals surface area contributed by atoms with Crippen molar-refractivity contribution in [3.8, 4) is 0 Å². The molecule has 108 valence electrons. The molecule has 3 heteroatoms. The van der Waals surface area contributed by atoms with Gasteiger partial charge in [-0.1, -0.05) is 48.4 Å². The number of fused-ring (bicyclic) bond motifs is 1. The lowest BCUT2D eigenvalue weighted by Crippen LogP contribution is -2.41. The van der Waals surface area contributed by atoms with Crippen molar-refractivity contribution in [3.05, 3.63) is 54.0 Å². The maximum atomic E-state index is 5.96. The van der Waals surface area contributed by atoms with E-state index < -0.39 is 0 Å². The van der Waals surface area contributed by atoms with Crippen LogP contribution in [0, 0.1) is 0 Å². The molecular formula is C18H21BO2. The molecule has 0 radical (unpaired) electrons. The van der Waals surface area contributed by atoms with Crippen LogP contribution in [0.5, 0.6) is 0 Å². The lowest BCUT2D eigenvalue weighted by molar-refractivity contribution is 0.00578. The molecule has 0 N–H and O–H groups in total. The molecule has 1 aliphatic rings. The third kappa shape index (κ3) is 2.76. The van der Waals surface area contributed by atoms with Crippen LogP contribution in [-0.2, 0) is 9.31 Å². The van der Waals surface area contributed by atoms with Crippen molar-refractivity contribution in [1.82, 2.24) is 0 Å². The molecule has 0 saturated carbocycles. The van der Waals surface area contributed by atoms with Gasteiger partial charge in [-0.3, -0.25) is 0 Å². The molecule has 0 unspecified atom stereocenters. The Hall–Kier alpha value is -1.58. The summed E-state index contributed by atoms with van der Waals surface area (Å²) >= 11 is 0. The fourth-order valence-corrected chi connectivity index (χ4v) is 2.47. The first-order valence-corrected chi connectivity index (χ1v) is 7.40. The summed E-state index contributed by atoms with van der Waals surface area (Å²) < 4.78 is 11.9. The maximum Gasteiger partial charge on any atom is 0.487 e. The zero-order valence-electron chi connectivity index (χ0n) is 13.1. The van der Waals surface area contributed by atoms with E-state index in [2.05, 4.69) is 76.2 Å². The summed E-state index contributed by atoms with van der Waals surface area (Å²) in [5, 5.41) is 2.50. The molecule has 1 aliphatic heterocycles. The minimum absolute atomic E-state index is 0.286. The molecule has 0 amide bonds. The molecule has 2 aromatic carbocycles. The Labute approximate surface area is 126 Å². The molecular weight excluding hydrogens is 259 g/mol. The second kappa shape index (κ2) is 5.01. The standard InChI is InChI=1S/C18H21BO2/c1-17(2)18(3,4)21-19(20-17)12-11-14-9-10-15-7-5-6-8-16(15)13-14/h5-13H,1-4H3/b12-11+. The van der Waals surface area contributed by atoms with E-state index in [0.29, 0.717) is 0 Å². The van der Waals surface area contributed by atoms with Crippen molar-refractivity contribution in [1.29, 1.82) is 0 Å². The second-order valence-corrected chi connectivity index (χ2v) is 6.59. The van der Waals surface area contributed by atoms with Crippen molar-refractivity contribution in [2.24, 2.45) is 0 Å². The third-order valence-electron chi connectivity index (χ3n) is 4.49. The number of hydrogen-bond donors (Lipinski definition) is 0. The van der Waals surface area contributed by atoms with Crippen LogP contribution in [0.25, 0.3) is 16.8 Å². The van der Waals surface area contributed by atoms with Gasteiger partial charge >= 0.3 is 7.12 Å². The predicted molar refractivity (Wildman–Crippen MR) is 89.1 cm³/mol. The number of benzene rings is 2. The van der Waals surface area contributed by atoms with Gasteiger partial charge < -0.3 is 9.31 Å². The van der Waals surface area contributed by atoms with Crippen LogP contribution in [0.2, 0.25) is 0 Å². The summed E-state index contributed by atoms with van der Waals surface area (Å²) in [5.74, 6) is 1.99. The SMILES string of the molecule is CC1(C)OB(/C=C/c2ccc3ccccc3c2)OC1(C)C. The monoisotopic (exact) mass is 280 g/mol. The van der Waals surface area contributed by atoms with Gasteiger partial charge in [-0.15, -0.1) is 0 Å². The van der Waals surface area contributed by atoms with Crippen LogP contribution in [0.15, 0.2) is 48.4 Å². The zero-order valence-corrected chi connectivity index (χ0v) is 13.1. The molecule has 0 aliphatic carbocycles. The number of hydrogen-bond acceptors (Lipinski definition) is 2. The summed E-state index contributed by atoms with van der Waals surface area (Å²) in [5.41, 5.74) is 0.583. The molecule has 2 nitrogen and oxygen atoms in total. The average Bonchev–Trinajstić information content (AvgIpc) is 2.64. The summed E-state index contributed by atoms with van der Waals surface area (Å²) in [6.45, 7) is 8.27. The van der Waals surface area contributed by atoms with Gasteiger partial charge in [0.15, 0.2) is 0 Å². The van der Waals surface area contributed by atoms with Crippen LogP contribution in [-0.4, -0.2) is 18.3 Å². The van der Waals surface area contributed by atoms with Gasteiger partial charge in [-0.05, 0) is 50.1 Å². The van der Waals surface area contributed by atoms with E-state index in [4.69, 9.17) is 9.31 Å². The molecule has 0 bridgehead atoms. The predicted octanol–water partition coefficient (Wildman–Crippen LogP) is 4.48. The first-order valence-electron chi connectivity index (χ1n) is 7.40. The van der Waals surface area contributed by atoms with Gasteiger partial charge in [0.05, 0.1) is 11.2 Å². The van der Waals surface area contributed by atoms with Gasteiger partial charge in [-0.25, -0.2) is 0 Å². The molecule has 2 aromatic rings. The average molecular weight is 280 g/mol. The van der Waals surface area contributed by atoms with E-state index in [0.717, 1.165) is 5.56 Å². The van der Waals surface area contributed by atoms with Crippen LogP contribution < -0.4 is 0 Å². The summed E-state index contributed by atoms with van der Waals surface area (Å²) in [6.07, 6.45) is 2.06. The Kier molecular flexibility index (Phi) is 3.43. The highest BCUT2D eigenvalue weighted by atomic mass is 16.7. The lowest BCUT2D eigenvalue weighted by Gasteiger charge is -2.32. The highest BCUT2D eigenvalue weighted by Crippen LogP contribution is 2.37. The van der Waals surface area contributed by atoms with E-state index in [-0.39, 0.29) is 18.3 Å². The van der Waals surface area contributed by atoms with Crippen molar-refractivity contribution in [2.45, 2.75) is 38.9 Å². The van der Waals surface area contributed by atoms with Crippen LogP contribution >= 0.6 is 0 Å². The molecule has 1 heterocycles. The molecule has 3 rings (SSSR count). The Balaban J connectivity index is 1.79. The van der Waals surface area contributed by atoms with Gasteiger partial charge in [0.2, 0.25) is 0 Å². The van der Waals surface area contributed by atoms with E-state index in [9.17, 15) is 0 Å². The van der Waals surface area contributed by atoms with Gasteiger partial charge in [0.25, 0.3) is 0 Å². The van der Waals surface area contributed by atoms with Crippen LogP contribution in [0.1, 0.15) is 33.3 Å². The molecule has 0 spiro atoms. The summed E-state index contributed by atoms with van der Waals surface area (Å²) in [4.78, 5) is 0. The number of rotatable bonds is 2. The van der Waals surface area contributed by atoms with E-state index in [1.807, 2.05) is 5.98 Å².